The predicted molar refractivity (Wildman–Crippen MR) is 76.4 cm³/mol. The molecule has 0 saturated heterocycles. The Morgan fingerprint density at radius 2 is 2.00 bits per heavy atom. The highest BCUT2D eigenvalue weighted by atomic mass is 16.5. The molecule has 0 aliphatic carbocycles. The first-order valence-electron chi connectivity index (χ1n) is 6.80. The third-order valence-corrected chi connectivity index (χ3v) is 3.15. The van der Waals surface area contributed by atoms with Crippen LogP contribution < -0.4 is 10.6 Å². The molecule has 0 spiro atoms. The molecule has 19 heavy (non-hydrogen) atoms. The minimum atomic E-state index is -0.429. The Labute approximate surface area is 114 Å². The molecule has 6 nitrogen and oxygen atoms in total. The van der Waals surface area contributed by atoms with Crippen LogP contribution in [0.15, 0.2) is 0 Å². The zero-order valence-corrected chi connectivity index (χ0v) is 12.3. The molecule has 0 bridgehead atoms. The van der Waals surface area contributed by atoms with Crippen molar-refractivity contribution in [3.8, 4) is 0 Å². The van der Waals surface area contributed by atoms with Crippen LogP contribution in [0.4, 0.5) is 11.6 Å². The number of esters is 1. The summed E-state index contributed by atoms with van der Waals surface area (Å²) >= 11 is 0. The van der Waals surface area contributed by atoms with Gasteiger partial charge in [-0.1, -0.05) is 13.3 Å². The quantitative estimate of drug-likeness (QED) is 0.764. The molecule has 0 radical (unpaired) electrons. The van der Waals surface area contributed by atoms with Crippen molar-refractivity contribution in [2.24, 2.45) is 0 Å². The Bertz CT molecular complexity index is 425. The first kappa shape index (κ1) is 15.3. The van der Waals surface area contributed by atoms with Gasteiger partial charge in [0.2, 0.25) is 0 Å². The van der Waals surface area contributed by atoms with Gasteiger partial charge in [-0.3, -0.25) is 0 Å². The van der Waals surface area contributed by atoms with Gasteiger partial charge in [0.25, 0.3) is 0 Å². The molecular weight excluding hydrogens is 244 g/mol. The van der Waals surface area contributed by atoms with E-state index < -0.39 is 5.97 Å². The Kier molecular flexibility index (Phi) is 5.66. The first-order chi connectivity index (χ1) is 9.10. The van der Waals surface area contributed by atoms with Crippen molar-refractivity contribution in [1.29, 1.82) is 0 Å². The zero-order chi connectivity index (χ0) is 14.4. The van der Waals surface area contributed by atoms with Crippen molar-refractivity contribution in [1.82, 2.24) is 9.78 Å². The highest BCUT2D eigenvalue weighted by Crippen LogP contribution is 2.26. The largest absolute Gasteiger partial charge is 0.465 e. The average Bonchev–Trinajstić information content (AvgIpc) is 2.74. The van der Waals surface area contributed by atoms with E-state index in [-0.39, 0.29) is 0 Å². The van der Waals surface area contributed by atoms with Crippen LogP contribution in [-0.2, 0) is 11.3 Å². The summed E-state index contributed by atoms with van der Waals surface area (Å²) in [4.78, 5) is 13.9. The lowest BCUT2D eigenvalue weighted by molar-refractivity contribution is 0.0602. The number of nitrogen functional groups attached to an aromatic ring is 1. The SMILES string of the molecule is CCCCn1nc(N(CC)CC)c(C(=O)OC)c1N. The summed E-state index contributed by atoms with van der Waals surface area (Å²) in [6, 6.07) is 0. The van der Waals surface area contributed by atoms with E-state index in [1.807, 2.05) is 18.7 Å². The summed E-state index contributed by atoms with van der Waals surface area (Å²) < 4.78 is 6.51. The summed E-state index contributed by atoms with van der Waals surface area (Å²) in [5.74, 6) is 0.579. The molecule has 0 unspecified atom stereocenters. The maximum absolute atomic E-state index is 11.9. The third kappa shape index (κ3) is 3.19. The maximum atomic E-state index is 11.9. The molecule has 0 aliphatic heterocycles. The van der Waals surface area contributed by atoms with Crippen LogP contribution in [0.25, 0.3) is 0 Å². The Balaban J connectivity index is 3.22. The normalized spacial score (nSPS) is 10.5. The average molecular weight is 268 g/mol. The van der Waals surface area contributed by atoms with Gasteiger partial charge in [0, 0.05) is 19.6 Å². The number of aryl methyl sites for hydroxylation is 1. The number of carbonyl (C=O) groups excluding carboxylic acids is 1. The van der Waals surface area contributed by atoms with Gasteiger partial charge in [0.1, 0.15) is 11.4 Å². The lowest BCUT2D eigenvalue weighted by Gasteiger charge is -2.18. The second-order valence-electron chi connectivity index (χ2n) is 4.32. The number of aromatic nitrogens is 2. The van der Waals surface area contributed by atoms with E-state index in [9.17, 15) is 4.79 Å². The molecule has 1 aromatic heterocycles. The first-order valence-corrected chi connectivity index (χ1v) is 6.80. The Hall–Kier alpha value is -1.72. The second kappa shape index (κ2) is 7.01. The summed E-state index contributed by atoms with van der Waals surface area (Å²) in [7, 11) is 1.36. The monoisotopic (exact) mass is 268 g/mol. The highest BCUT2D eigenvalue weighted by molar-refractivity contribution is 5.99. The van der Waals surface area contributed by atoms with Crippen molar-refractivity contribution in [3.63, 3.8) is 0 Å². The summed E-state index contributed by atoms with van der Waals surface area (Å²) in [5.41, 5.74) is 6.42. The minimum absolute atomic E-state index is 0.377. The van der Waals surface area contributed by atoms with Gasteiger partial charge in [0.15, 0.2) is 5.82 Å². The molecule has 6 heteroatoms. The van der Waals surface area contributed by atoms with E-state index in [0.29, 0.717) is 23.7 Å². The van der Waals surface area contributed by atoms with Crippen LogP contribution in [0.5, 0.6) is 0 Å². The number of ether oxygens (including phenoxy) is 1. The molecule has 1 heterocycles. The van der Waals surface area contributed by atoms with Gasteiger partial charge in [0.05, 0.1) is 7.11 Å². The second-order valence-corrected chi connectivity index (χ2v) is 4.32. The minimum Gasteiger partial charge on any atom is -0.465 e. The number of methoxy groups -OCH3 is 1. The lowest BCUT2D eigenvalue weighted by Crippen LogP contribution is -2.24. The van der Waals surface area contributed by atoms with Gasteiger partial charge in [-0.05, 0) is 20.3 Å². The fourth-order valence-electron chi connectivity index (χ4n) is 1.98. The van der Waals surface area contributed by atoms with Gasteiger partial charge < -0.3 is 15.4 Å². The molecule has 1 aromatic rings. The number of hydrogen-bond donors (Lipinski definition) is 1. The van der Waals surface area contributed by atoms with Crippen LogP contribution >= 0.6 is 0 Å². The fraction of sp³-hybridized carbons (Fsp3) is 0.692. The van der Waals surface area contributed by atoms with Crippen LogP contribution in [-0.4, -0.2) is 35.9 Å². The molecule has 0 aliphatic rings. The topological polar surface area (TPSA) is 73.4 Å². The van der Waals surface area contributed by atoms with Crippen LogP contribution in [0, 0.1) is 0 Å². The molecule has 0 amide bonds. The van der Waals surface area contributed by atoms with Crippen LogP contribution in [0.2, 0.25) is 0 Å². The van der Waals surface area contributed by atoms with Crippen LogP contribution in [0.3, 0.4) is 0 Å². The number of carbonyl (C=O) groups is 1. The van der Waals surface area contributed by atoms with Gasteiger partial charge in [-0.2, -0.15) is 5.10 Å². The number of hydrogen-bond acceptors (Lipinski definition) is 5. The molecule has 108 valence electrons. The predicted octanol–water partition coefficient (Wildman–Crippen LogP) is 1.90. The summed E-state index contributed by atoms with van der Waals surface area (Å²) in [5, 5.41) is 4.48. The molecule has 2 N–H and O–H groups in total. The number of nitrogens with two attached hydrogens (primary N) is 1. The van der Waals surface area contributed by atoms with E-state index in [1.54, 1.807) is 4.68 Å². The number of unbranched alkanes of at least 4 members (excludes halogenated alkanes) is 1. The number of anilines is 2. The van der Waals surface area contributed by atoms with E-state index in [1.165, 1.54) is 7.11 Å². The van der Waals surface area contributed by atoms with Crippen molar-refractivity contribution in [3.05, 3.63) is 5.56 Å². The smallest absolute Gasteiger partial charge is 0.345 e. The van der Waals surface area contributed by atoms with E-state index in [0.717, 1.165) is 25.9 Å². The van der Waals surface area contributed by atoms with Crippen molar-refractivity contribution >= 4 is 17.6 Å². The van der Waals surface area contributed by atoms with E-state index in [4.69, 9.17) is 10.5 Å². The standard InChI is InChI=1S/C13H24N4O2/c1-5-8-9-17-11(14)10(13(18)19-4)12(15-17)16(6-2)7-3/h5-9,14H2,1-4H3. The Morgan fingerprint density at radius 3 is 2.47 bits per heavy atom. The van der Waals surface area contributed by atoms with Gasteiger partial charge >= 0.3 is 5.97 Å². The van der Waals surface area contributed by atoms with Gasteiger partial charge in [-0.15, -0.1) is 0 Å². The molecule has 0 aromatic carbocycles. The summed E-state index contributed by atoms with van der Waals surface area (Å²) in [6.45, 7) is 8.40. The number of nitrogens with zero attached hydrogens (tertiary/aromatic N) is 3. The molecular formula is C13H24N4O2. The summed E-state index contributed by atoms with van der Waals surface area (Å²) in [6.07, 6.45) is 2.03. The number of rotatable bonds is 7. The highest BCUT2D eigenvalue weighted by Gasteiger charge is 2.25. The fourth-order valence-corrected chi connectivity index (χ4v) is 1.98. The van der Waals surface area contributed by atoms with Crippen molar-refractivity contribution < 1.29 is 9.53 Å². The Morgan fingerprint density at radius 1 is 1.37 bits per heavy atom. The van der Waals surface area contributed by atoms with E-state index in [2.05, 4.69) is 12.0 Å². The molecule has 0 atom stereocenters. The maximum Gasteiger partial charge on any atom is 0.345 e. The molecule has 0 fully saturated rings. The van der Waals surface area contributed by atoms with Crippen molar-refractivity contribution in [2.75, 3.05) is 30.8 Å². The molecule has 1 rings (SSSR count). The molecule has 0 saturated carbocycles. The van der Waals surface area contributed by atoms with Gasteiger partial charge in [-0.25, -0.2) is 9.48 Å². The van der Waals surface area contributed by atoms with Crippen molar-refractivity contribution in [2.45, 2.75) is 40.2 Å². The van der Waals surface area contributed by atoms with Crippen LogP contribution in [0.1, 0.15) is 44.0 Å². The lowest BCUT2D eigenvalue weighted by atomic mass is 10.2. The van der Waals surface area contributed by atoms with E-state index >= 15 is 0 Å². The third-order valence-electron chi connectivity index (χ3n) is 3.15. The zero-order valence-electron chi connectivity index (χ0n) is 12.3.